The number of methoxy groups -OCH3 is 1. The maximum absolute atomic E-state index is 13.8. The number of benzene rings is 2. The van der Waals surface area contributed by atoms with E-state index in [-0.39, 0.29) is 33.5 Å². The van der Waals surface area contributed by atoms with Gasteiger partial charge in [0.05, 0.1) is 24.8 Å². The summed E-state index contributed by atoms with van der Waals surface area (Å²) in [5.74, 6) is 0.348. The number of ether oxygens (including phenoxy) is 2. The average Bonchev–Trinajstić information content (AvgIpc) is 3.15. The highest BCUT2D eigenvalue weighted by Crippen LogP contribution is 2.30. The summed E-state index contributed by atoms with van der Waals surface area (Å²) in [5.41, 5.74) is -0.139. The van der Waals surface area contributed by atoms with Crippen LogP contribution in [0.1, 0.15) is 17.3 Å². The van der Waals surface area contributed by atoms with E-state index in [1.807, 2.05) is 6.92 Å². The van der Waals surface area contributed by atoms with Gasteiger partial charge in [0, 0.05) is 31.9 Å². The molecular formula is C24H24N4O6S. The van der Waals surface area contributed by atoms with Crippen LogP contribution in [0.3, 0.4) is 0 Å². The number of nitrogens with zero attached hydrogens (tertiary/aromatic N) is 4. The Bertz CT molecular complexity index is 1570. The molecule has 0 saturated heterocycles. The number of imidazole rings is 1. The summed E-state index contributed by atoms with van der Waals surface area (Å²) in [6.45, 7) is 2.22. The summed E-state index contributed by atoms with van der Waals surface area (Å²) in [6, 6.07) is 13.7. The van der Waals surface area contributed by atoms with Crippen LogP contribution >= 0.6 is 0 Å². The zero-order valence-electron chi connectivity index (χ0n) is 19.6. The van der Waals surface area contributed by atoms with Crippen molar-refractivity contribution >= 4 is 27.0 Å². The van der Waals surface area contributed by atoms with E-state index in [1.165, 1.54) is 47.0 Å². The van der Waals surface area contributed by atoms with Gasteiger partial charge >= 0.3 is 5.69 Å². The lowest BCUT2D eigenvalue weighted by atomic mass is 10.2. The highest BCUT2D eigenvalue weighted by molar-refractivity contribution is 7.90. The van der Waals surface area contributed by atoms with Crippen LogP contribution in [0.4, 0.5) is 0 Å². The van der Waals surface area contributed by atoms with Gasteiger partial charge in [-0.1, -0.05) is 6.07 Å². The second-order valence-corrected chi connectivity index (χ2v) is 9.48. The Kier molecular flexibility index (Phi) is 6.35. The third-order valence-corrected chi connectivity index (χ3v) is 7.02. The summed E-state index contributed by atoms with van der Waals surface area (Å²) in [4.78, 5) is 31.3. The summed E-state index contributed by atoms with van der Waals surface area (Å²) in [7, 11) is 0.0197. The second-order valence-electron chi connectivity index (χ2n) is 7.72. The largest absolute Gasteiger partial charge is 0.495 e. The van der Waals surface area contributed by atoms with Gasteiger partial charge in [0.2, 0.25) is 0 Å². The summed E-state index contributed by atoms with van der Waals surface area (Å²) >= 11 is 0. The lowest BCUT2D eigenvalue weighted by Crippen LogP contribution is -2.29. The molecule has 11 heteroatoms. The van der Waals surface area contributed by atoms with Crippen LogP contribution in [0.5, 0.6) is 11.5 Å². The molecule has 0 aliphatic heterocycles. The first kappa shape index (κ1) is 24.0. The first-order chi connectivity index (χ1) is 16.7. The summed E-state index contributed by atoms with van der Waals surface area (Å²) in [5, 5.41) is 0. The standard InChI is InChI=1S/C24H24N4O6S/c1-5-34-17-10-11-18-19(15-17)27(22-8-6-7-13-25-22)24(30)28(18)35(31,32)21-12-9-16(14-20(21)33-4)23(29)26(2)3/h6-15H,5H2,1-4H3. The number of fused-ring (bicyclic) bond motifs is 1. The monoisotopic (exact) mass is 496 g/mol. The molecule has 1 amide bonds. The van der Waals surface area contributed by atoms with Crippen molar-refractivity contribution in [2.24, 2.45) is 0 Å². The molecule has 0 aliphatic carbocycles. The SMILES string of the molecule is CCOc1ccc2c(c1)n(-c1ccccn1)c(=O)n2S(=O)(=O)c1ccc(C(=O)N(C)C)cc1OC. The van der Waals surface area contributed by atoms with Gasteiger partial charge in [-0.05, 0) is 49.4 Å². The van der Waals surface area contributed by atoms with E-state index < -0.39 is 15.7 Å². The van der Waals surface area contributed by atoms with Gasteiger partial charge in [0.1, 0.15) is 22.2 Å². The fourth-order valence-corrected chi connectivity index (χ4v) is 5.25. The van der Waals surface area contributed by atoms with Crippen LogP contribution in [0.25, 0.3) is 16.9 Å². The molecule has 0 spiro atoms. The maximum Gasteiger partial charge on any atom is 0.349 e. The Morgan fingerprint density at radius 3 is 2.46 bits per heavy atom. The number of rotatable bonds is 7. The van der Waals surface area contributed by atoms with E-state index in [0.29, 0.717) is 21.8 Å². The molecule has 0 radical (unpaired) electrons. The lowest BCUT2D eigenvalue weighted by Gasteiger charge is -2.14. The van der Waals surface area contributed by atoms with E-state index in [1.54, 1.807) is 44.4 Å². The van der Waals surface area contributed by atoms with Crippen LogP contribution in [0.2, 0.25) is 0 Å². The number of carbonyl (C=O) groups is 1. The van der Waals surface area contributed by atoms with Gasteiger partial charge in [-0.2, -0.15) is 3.97 Å². The molecule has 10 nitrogen and oxygen atoms in total. The van der Waals surface area contributed by atoms with E-state index in [0.717, 1.165) is 0 Å². The van der Waals surface area contributed by atoms with Gasteiger partial charge in [-0.3, -0.25) is 4.79 Å². The quantitative estimate of drug-likeness (QED) is 0.386. The highest BCUT2D eigenvalue weighted by atomic mass is 32.2. The number of hydrogen-bond acceptors (Lipinski definition) is 7. The molecule has 2 heterocycles. The van der Waals surface area contributed by atoms with Gasteiger partial charge in [-0.25, -0.2) is 22.8 Å². The third-order valence-electron chi connectivity index (χ3n) is 5.30. The molecule has 2 aromatic heterocycles. The minimum atomic E-state index is -4.45. The van der Waals surface area contributed by atoms with Gasteiger partial charge in [0.15, 0.2) is 0 Å². The molecule has 0 N–H and O–H groups in total. The predicted octanol–water partition coefficient (Wildman–Crippen LogP) is 2.53. The zero-order chi connectivity index (χ0) is 25.3. The van der Waals surface area contributed by atoms with E-state index in [4.69, 9.17) is 9.47 Å². The minimum Gasteiger partial charge on any atom is -0.495 e. The van der Waals surface area contributed by atoms with Crippen molar-refractivity contribution in [3.63, 3.8) is 0 Å². The molecule has 0 unspecified atom stereocenters. The first-order valence-electron chi connectivity index (χ1n) is 10.7. The minimum absolute atomic E-state index is 0.0609. The Morgan fingerprint density at radius 1 is 1.06 bits per heavy atom. The molecule has 0 aliphatic rings. The maximum atomic E-state index is 13.8. The van der Waals surface area contributed by atoms with Gasteiger partial charge in [0.25, 0.3) is 15.9 Å². The average molecular weight is 497 g/mol. The molecule has 0 fully saturated rings. The molecule has 35 heavy (non-hydrogen) atoms. The van der Waals surface area contributed by atoms with Crippen molar-refractivity contribution in [1.82, 2.24) is 18.4 Å². The number of amides is 1. The van der Waals surface area contributed by atoms with Crippen molar-refractivity contribution in [2.75, 3.05) is 27.8 Å². The third kappa shape index (κ3) is 4.14. The fourth-order valence-electron chi connectivity index (χ4n) is 3.72. The summed E-state index contributed by atoms with van der Waals surface area (Å²) in [6.07, 6.45) is 1.51. The van der Waals surface area contributed by atoms with Crippen LogP contribution < -0.4 is 15.2 Å². The van der Waals surface area contributed by atoms with Crippen molar-refractivity contribution in [2.45, 2.75) is 11.8 Å². The summed E-state index contributed by atoms with van der Waals surface area (Å²) < 4.78 is 40.5. The number of pyridine rings is 1. The fraction of sp³-hybridized carbons (Fsp3) is 0.208. The predicted molar refractivity (Wildman–Crippen MR) is 130 cm³/mol. The van der Waals surface area contributed by atoms with Crippen LogP contribution in [-0.4, -0.2) is 60.6 Å². The Labute approximate surface area is 202 Å². The van der Waals surface area contributed by atoms with Crippen LogP contribution in [-0.2, 0) is 10.0 Å². The molecule has 0 atom stereocenters. The topological polar surface area (TPSA) is 113 Å². The first-order valence-corrected chi connectivity index (χ1v) is 12.1. The zero-order valence-corrected chi connectivity index (χ0v) is 20.4. The molecule has 2 aromatic carbocycles. The van der Waals surface area contributed by atoms with Crippen molar-refractivity contribution in [3.05, 3.63) is 76.8 Å². The molecule has 4 rings (SSSR count). The van der Waals surface area contributed by atoms with E-state index in [9.17, 15) is 18.0 Å². The van der Waals surface area contributed by atoms with Gasteiger partial charge in [-0.15, -0.1) is 0 Å². The highest BCUT2D eigenvalue weighted by Gasteiger charge is 2.30. The molecule has 4 aromatic rings. The van der Waals surface area contributed by atoms with Crippen molar-refractivity contribution in [3.8, 4) is 17.3 Å². The second kappa shape index (κ2) is 9.26. The molecule has 0 bridgehead atoms. The van der Waals surface area contributed by atoms with Crippen LogP contribution in [0, 0.1) is 0 Å². The van der Waals surface area contributed by atoms with Crippen molar-refractivity contribution in [1.29, 1.82) is 0 Å². The normalized spacial score (nSPS) is 11.4. The Hall–Kier alpha value is -4.12. The van der Waals surface area contributed by atoms with Crippen LogP contribution in [0.15, 0.2) is 70.5 Å². The Morgan fingerprint density at radius 2 is 1.83 bits per heavy atom. The van der Waals surface area contributed by atoms with Crippen molar-refractivity contribution < 1.29 is 22.7 Å². The van der Waals surface area contributed by atoms with Gasteiger partial charge < -0.3 is 14.4 Å². The molecule has 182 valence electrons. The number of aromatic nitrogens is 3. The number of carbonyl (C=O) groups excluding carboxylic acids is 1. The smallest absolute Gasteiger partial charge is 0.349 e. The molecular weight excluding hydrogens is 472 g/mol. The lowest BCUT2D eigenvalue weighted by molar-refractivity contribution is 0.0827. The Balaban J connectivity index is 2.00. The number of hydrogen-bond donors (Lipinski definition) is 0. The molecule has 0 saturated carbocycles. The van der Waals surface area contributed by atoms with E-state index in [2.05, 4.69) is 4.98 Å². The van der Waals surface area contributed by atoms with E-state index >= 15 is 0 Å².